The molecule has 3 aliphatic heterocycles. The van der Waals surface area contributed by atoms with Crippen molar-refractivity contribution in [2.75, 3.05) is 14.7 Å². The minimum Gasteiger partial charge on any atom is -0.311 e. The number of rotatable bonds is 6. The average Bonchev–Trinajstić information content (AvgIpc) is 1.60. The predicted octanol–water partition coefficient (Wildman–Crippen LogP) is 16.5. The second kappa shape index (κ2) is 16.5. The first-order valence-electron chi connectivity index (χ1n) is 41.3. The highest BCUT2D eigenvalue weighted by atomic mass is 15.2. The smallest absolute Gasteiger partial charge is 0.252 e. The Morgan fingerprint density at radius 1 is 0.453 bits per heavy atom. The molecule has 0 saturated carbocycles. The lowest BCUT2D eigenvalue weighted by molar-refractivity contribution is 0.590. The first-order chi connectivity index (χ1) is 51.5. The monoisotopic (exact) mass is 1000 g/mol. The highest BCUT2D eigenvalue weighted by Gasteiger charge is 2.46. The zero-order valence-corrected chi connectivity index (χ0v) is 40.3. The number of anilines is 9. The fourth-order valence-electron chi connectivity index (χ4n) is 9.54. The van der Waals surface area contributed by atoms with Crippen molar-refractivity contribution in [3.05, 3.63) is 234 Å². The van der Waals surface area contributed by atoms with E-state index in [-0.39, 0.29) is 11.1 Å². The molecule has 10 aromatic carbocycles. The van der Waals surface area contributed by atoms with Crippen molar-refractivity contribution in [2.45, 2.75) is 52.4 Å². The standard InChI is InChI=1S/C69H54BN5/c1-68(2,3)49-28-34-51(35-29-49)72(52-36-30-50(31-37-52)69(4,5)6)54-38-39-57-62(42-54)73(53-32-26-48(27-33-53)47-24-22-46(23-25-47)45-14-8-7-9-15-45)63-40-44(43-71)41-64-65(63)70(57)58-18-13-21-61-67(58)75(64)60-20-12-17-56-55-16-10-11-19-59(55)74(61)66(56)60/h7-42H,1-6H3/i7D,8D,9D,10D,11D,12D,13D,14D,15D,16D,17D,18D,19D,20D,21D,22D,23D,24D,25D,26D,27D,28D,29D,30D,31D,32D,33D,34D,35D,36D,37D,38D,39D,40D,41D,42D. The minimum absolute atomic E-state index is 0.220. The maximum absolute atomic E-state index is 11.5. The van der Waals surface area contributed by atoms with E-state index in [0.29, 0.717) is 9.80 Å². The Balaban J connectivity index is 1.23. The topological polar surface area (TPSA) is 38.4 Å². The van der Waals surface area contributed by atoms with Gasteiger partial charge in [0.1, 0.15) is 0 Å². The van der Waals surface area contributed by atoms with Crippen molar-refractivity contribution in [3.8, 4) is 34.0 Å². The summed E-state index contributed by atoms with van der Waals surface area (Å²) in [5, 5.41) is 10.6. The van der Waals surface area contributed by atoms with E-state index < -0.39 is 358 Å². The van der Waals surface area contributed by atoms with E-state index in [1.54, 1.807) is 47.6 Å². The summed E-state index contributed by atoms with van der Waals surface area (Å²) in [4.78, 5) is 2.02. The summed E-state index contributed by atoms with van der Waals surface area (Å²) in [5.41, 5.74) is -19.5. The SMILES string of the molecule is [2H]c1c([2H])c([2H])c(-c2c([2H])c([2H])c(-c3c([2H])c([2H])c(N4c5c([2H])c(N(c6c([2H])c([2H])c(C(C)(C)C)c([2H])c6[2H])c6c([2H])c([2H])c(C(C)(C)C)c([2H])c6[2H])c([2H])c([2H])c5B5c6c4c([2H])c(C#N)c([2H])c6N4c6c5c([2H])c([2H])c([2H])c6-n5c6c([2H])c([2H])c([2H])c([2H])c6c6c([2H])c([2H])c([2H])c4c65)c([2H])c3[2H])c([2H])c2[2H])c([2H])c1[2H]. The van der Waals surface area contributed by atoms with Crippen LogP contribution in [0.1, 0.15) is 108 Å². The molecule has 0 atom stereocenters. The van der Waals surface area contributed by atoms with E-state index in [0.717, 1.165) is 9.47 Å². The Labute approximate surface area is 490 Å². The van der Waals surface area contributed by atoms with Crippen LogP contribution in [0.15, 0.2) is 218 Å². The summed E-state index contributed by atoms with van der Waals surface area (Å²) >= 11 is 0. The molecule has 0 radical (unpaired) electrons. The van der Waals surface area contributed by atoms with Crippen molar-refractivity contribution in [1.82, 2.24) is 4.57 Å². The molecule has 0 N–H and O–H groups in total. The van der Waals surface area contributed by atoms with E-state index in [9.17, 15) is 45.0 Å². The van der Waals surface area contributed by atoms with Crippen LogP contribution in [0.5, 0.6) is 0 Å². The molecule has 75 heavy (non-hydrogen) atoms. The van der Waals surface area contributed by atoms with Gasteiger partial charge in [0.05, 0.1) is 89.1 Å². The van der Waals surface area contributed by atoms with E-state index >= 15 is 0 Å². The van der Waals surface area contributed by atoms with Gasteiger partial charge in [-0.3, -0.25) is 0 Å². The van der Waals surface area contributed by atoms with Crippen molar-refractivity contribution >= 4 is 96.1 Å². The number of nitriles is 1. The fourth-order valence-corrected chi connectivity index (χ4v) is 9.54. The Hall–Kier alpha value is -9.05. The molecule has 0 unspecified atom stereocenters. The third-order valence-corrected chi connectivity index (χ3v) is 13.0. The highest BCUT2D eigenvalue weighted by Crippen LogP contribution is 2.53. The summed E-state index contributed by atoms with van der Waals surface area (Å²) < 4.78 is 347. The zero-order chi connectivity index (χ0) is 82.2. The van der Waals surface area contributed by atoms with Gasteiger partial charge in [0.2, 0.25) is 0 Å². The van der Waals surface area contributed by atoms with E-state index in [4.69, 9.17) is 9.60 Å². The van der Waals surface area contributed by atoms with Gasteiger partial charge in [0.15, 0.2) is 0 Å². The molecular weight excluding hydrogens is 910 g/mol. The normalized spacial score (nSPS) is 19.8. The van der Waals surface area contributed by atoms with Crippen molar-refractivity contribution in [1.29, 1.82) is 5.26 Å². The van der Waals surface area contributed by atoms with Gasteiger partial charge < -0.3 is 19.3 Å². The average molecular weight is 1000 g/mol. The Bertz CT molecular complexity index is 6140. The van der Waals surface area contributed by atoms with Gasteiger partial charge in [-0.15, -0.1) is 0 Å². The summed E-state index contributed by atoms with van der Waals surface area (Å²) in [6.07, 6.45) is 0. The third kappa shape index (κ3) is 6.91. The van der Waals surface area contributed by atoms with E-state index in [1.807, 2.05) is 0 Å². The summed E-state index contributed by atoms with van der Waals surface area (Å²) in [5.74, 6) is 0. The predicted molar refractivity (Wildman–Crippen MR) is 316 cm³/mol. The van der Waals surface area contributed by atoms with Crippen molar-refractivity contribution in [3.63, 3.8) is 0 Å². The maximum atomic E-state index is 11.5. The van der Waals surface area contributed by atoms with Crippen LogP contribution in [0.4, 0.5) is 51.2 Å². The summed E-state index contributed by atoms with van der Waals surface area (Å²) in [7, 11) is 0. The summed E-state index contributed by atoms with van der Waals surface area (Å²) in [6, 6.07) is -34.9. The largest absolute Gasteiger partial charge is 0.311 e. The van der Waals surface area contributed by atoms with Crippen LogP contribution in [0.25, 0.3) is 49.7 Å². The maximum Gasteiger partial charge on any atom is 0.252 e. The van der Waals surface area contributed by atoms with Crippen molar-refractivity contribution in [2.24, 2.45) is 0 Å². The van der Waals surface area contributed by atoms with Crippen molar-refractivity contribution < 1.29 is 49.3 Å². The Morgan fingerprint density at radius 2 is 0.987 bits per heavy atom. The quantitative estimate of drug-likeness (QED) is 0.156. The fraction of sp³-hybridized carbons (Fsp3) is 0.116. The lowest BCUT2D eigenvalue weighted by atomic mass is 9.33. The second-order valence-electron chi connectivity index (χ2n) is 19.7. The first kappa shape index (κ1) is 21.1. The number of aromatic nitrogens is 1. The van der Waals surface area contributed by atoms with Gasteiger partial charge >= 0.3 is 0 Å². The summed E-state index contributed by atoms with van der Waals surface area (Å²) in [6.45, 7) is 7.09. The lowest BCUT2D eigenvalue weighted by Gasteiger charge is -2.46. The molecule has 0 amide bonds. The molecule has 0 bridgehead atoms. The first-order valence-corrected chi connectivity index (χ1v) is 23.3. The van der Waals surface area contributed by atoms with E-state index in [2.05, 4.69) is 0 Å². The number of hydrogen-bond donors (Lipinski definition) is 0. The highest BCUT2D eigenvalue weighted by molar-refractivity contribution is 7.00. The van der Waals surface area contributed by atoms with Crippen LogP contribution in [-0.4, -0.2) is 11.3 Å². The van der Waals surface area contributed by atoms with Gasteiger partial charge in [0, 0.05) is 50.6 Å². The molecule has 0 aliphatic carbocycles. The van der Waals surface area contributed by atoms with Crippen LogP contribution in [-0.2, 0) is 10.8 Å². The van der Waals surface area contributed by atoms with Crippen LogP contribution in [0, 0.1) is 11.3 Å². The van der Waals surface area contributed by atoms with Gasteiger partial charge in [-0.1, -0.05) is 181 Å². The molecule has 5 nitrogen and oxygen atoms in total. The minimum atomic E-state index is -2.24. The van der Waals surface area contributed by atoms with Crippen LogP contribution < -0.4 is 31.1 Å². The van der Waals surface area contributed by atoms with Gasteiger partial charge in [-0.05, 0) is 139 Å². The zero-order valence-electron chi connectivity index (χ0n) is 76.3. The number of fused-ring (bicyclic) bond motifs is 9. The van der Waals surface area contributed by atoms with Crippen LogP contribution in [0.2, 0.25) is 0 Å². The molecule has 14 rings (SSSR count). The number of benzene rings is 10. The lowest BCUT2D eigenvalue weighted by Crippen LogP contribution is -2.61. The van der Waals surface area contributed by atoms with E-state index in [1.165, 1.54) is 0 Å². The van der Waals surface area contributed by atoms with Gasteiger partial charge in [0.25, 0.3) is 6.71 Å². The third-order valence-electron chi connectivity index (χ3n) is 13.0. The Morgan fingerprint density at radius 3 is 1.61 bits per heavy atom. The molecule has 11 aromatic rings. The molecule has 6 heteroatoms. The Kier molecular flexibility index (Phi) is 4.63. The number of nitrogens with zero attached hydrogens (tertiary/aromatic N) is 5. The molecule has 1 aromatic heterocycles. The molecule has 0 spiro atoms. The molecule has 3 aliphatic rings. The molecule has 0 fully saturated rings. The van der Waals surface area contributed by atoms with Crippen LogP contribution in [0.3, 0.4) is 0 Å². The molecule has 4 heterocycles. The number of para-hydroxylation sites is 3. The number of hydrogen-bond acceptors (Lipinski definition) is 4. The molecule has 0 saturated heterocycles. The molecule has 358 valence electrons. The van der Waals surface area contributed by atoms with Gasteiger partial charge in [-0.2, -0.15) is 5.26 Å². The molecular formula is C69H54BN5. The van der Waals surface area contributed by atoms with Gasteiger partial charge in [-0.25, -0.2) is 0 Å². The second-order valence-corrected chi connectivity index (χ2v) is 19.7. The van der Waals surface area contributed by atoms with Crippen LogP contribution >= 0.6 is 0 Å².